The van der Waals surface area contributed by atoms with Gasteiger partial charge in [-0.2, -0.15) is 0 Å². The van der Waals surface area contributed by atoms with Crippen LogP contribution in [0.25, 0.3) is 0 Å². The van der Waals surface area contributed by atoms with Crippen LogP contribution in [0.2, 0.25) is 0 Å². The number of carbonyl (C=O) groups is 1. The summed E-state index contributed by atoms with van der Waals surface area (Å²) in [5, 5.41) is 20.8. The monoisotopic (exact) mass is 175 g/mol. The summed E-state index contributed by atoms with van der Waals surface area (Å²) in [6.45, 7) is 6.66. The van der Waals surface area contributed by atoms with Gasteiger partial charge in [0, 0.05) is 5.54 Å². The van der Waals surface area contributed by atoms with Gasteiger partial charge >= 0.3 is 5.97 Å². The van der Waals surface area contributed by atoms with Gasteiger partial charge in [0.05, 0.1) is 12.1 Å². The molecule has 3 N–H and O–H groups in total. The molecule has 0 saturated heterocycles. The molecule has 0 aromatic carbocycles. The lowest BCUT2D eigenvalue weighted by Crippen LogP contribution is -2.56. The van der Waals surface area contributed by atoms with E-state index in [0.29, 0.717) is 0 Å². The maximum absolute atomic E-state index is 10.2. The van der Waals surface area contributed by atoms with Crippen LogP contribution in [-0.4, -0.2) is 33.9 Å². The first kappa shape index (κ1) is 11.4. The minimum absolute atomic E-state index is 0.142. The fourth-order valence-corrected chi connectivity index (χ4v) is 0.513. The second kappa shape index (κ2) is 3.41. The van der Waals surface area contributed by atoms with E-state index in [1.54, 1.807) is 27.7 Å². The maximum atomic E-state index is 10.2. The van der Waals surface area contributed by atoms with Crippen LogP contribution in [0, 0.1) is 0 Å². The summed E-state index contributed by atoms with van der Waals surface area (Å²) in [7, 11) is 0. The van der Waals surface area contributed by atoms with Crippen molar-refractivity contribution < 1.29 is 15.0 Å². The Bertz CT molecular complexity index is 170. The molecule has 0 aliphatic rings. The van der Waals surface area contributed by atoms with Crippen LogP contribution in [0.15, 0.2) is 0 Å². The van der Waals surface area contributed by atoms with Crippen LogP contribution in [0.1, 0.15) is 27.7 Å². The Kier molecular flexibility index (Phi) is 3.24. The standard InChI is InChI=1S/C8H17NO3/c1-7(2,8(3,4)12)9-5-6(10)11/h9,12H,5H2,1-4H3,(H,10,11). The molecule has 0 atom stereocenters. The van der Waals surface area contributed by atoms with Crippen LogP contribution in [0.4, 0.5) is 0 Å². The number of carboxylic acids is 1. The van der Waals surface area contributed by atoms with E-state index in [1.807, 2.05) is 0 Å². The van der Waals surface area contributed by atoms with Crippen molar-refractivity contribution in [3.05, 3.63) is 0 Å². The Morgan fingerprint density at radius 2 is 1.75 bits per heavy atom. The van der Waals surface area contributed by atoms with Crippen LogP contribution in [0.3, 0.4) is 0 Å². The van der Waals surface area contributed by atoms with Gasteiger partial charge in [-0.25, -0.2) is 0 Å². The van der Waals surface area contributed by atoms with Gasteiger partial charge in [-0.1, -0.05) is 0 Å². The number of rotatable bonds is 4. The first-order valence-corrected chi connectivity index (χ1v) is 3.86. The third kappa shape index (κ3) is 3.19. The van der Waals surface area contributed by atoms with Gasteiger partial charge in [-0.3, -0.25) is 10.1 Å². The van der Waals surface area contributed by atoms with Crippen molar-refractivity contribution in [1.29, 1.82) is 0 Å². The van der Waals surface area contributed by atoms with Crippen molar-refractivity contribution in [2.45, 2.75) is 38.8 Å². The average Bonchev–Trinajstić information content (AvgIpc) is 1.81. The van der Waals surface area contributed by atoms with E-state index < -0.39 is 17.1 Å². The summed E-state index contributed by atoms with van der Waals surface area (Å²) in [6.07, 6.45) is 0. The van der Waals surface area contributed by atoms with Gasteiger partial charge in [0.2, 0.25) is 0 Å². The minimum atomic E-state index is -0.942. The Morgan fingerprint density at radius 1 is 1.33 bits per heavy atom. The predicted molar refractivity (Wildman–Crippen MR) is 46.0 cm³/mol. The summed E-state index contributed by atoms with van der Waals surface area (Å²) in [5.41, 5.74) is -1.55. The molecule has 0 fully saturated rings. The molecule has 0 aromatic heterocycles. The molecule has 4 nitrogen and oxygen atoms in total. The van der Waals surface area contributed by atoms with E-state index in [0.717, 1.165) is 0 Å². The third-order valence-corrected chi connectivity index (χ3v) is 2.21. The number of nitrogens with one attached hydrogen (secondary N) is 1. The summed E-state index contributed by atoms with van der Waals surface area (Å²) < 4.78 is 0. The zero-order valence-electron chi connectivity index (χ0n) is 8.01. The number of carboxylic acid groups (broad SMARTS) is 1. The lowest BCUT2D eigenvalue weighted by Gasteiger charge is -2.37. The van der Waals surface area contributed by atoms with E-state index in [2.05, 4.69) is 5.32 Å². The van der Waals surface area contributed by atoms with Crippen molar-refractivity contribution in [2.24, 2.45) is 0 Å². The molecule has 0 bridgehead atoms. The van der Waals surface area contributed by atoms with E-state index in [1.165, 1.54) is 0 Å². The first-order chi connectivity index (χ1) is 5.17. The fraction of sp³-hybridized carbons (Fsp3) is 0.875. The zero-order valence-corrected chi connectivity index (χ0v) is 8.01. The highest BCUT2D eigenvalue weighted by atomic mass is 16.4. The smallest absolute Gasteiger partial charge is 0.317 e. The van der Waals surface area contributed by atoms with Crippen molar-refractivity contribution in [1.82, 2.24) is 5.32 Å². The summed E-state index contributed by atoms with van der Waals surface area (Å²) in [4.78, 5) is 10.2. The van der Waals surface area contributed by atoms with E-state index in [4.69, 9.17) is 5.11 Å². The quantitative estimate of drug-likeness (QED) is 0.571. The van der Waals surface area contributed by atoms with E-state index in [9.17, 15) is 9.90 Å². The molecule has 0 rings (SSSR count). The number of aliphatic carboxylic acids is 1. The van der Waals surface area contributed by atoms with Crippen LogP contribution < -0.4 is 5.32 Å². The van der Waals surface area contributed by atoms with Gasteiger partial charge in [0.25, 0.3) is 0 Å². The van der Waals surface area contributed by atoms with Gasteiger partial charge in [0.1, 0.15) is 0 Å². The minimum Gasteiger partial charge on any atom is -0.480 e. The van der Waals surface area contributed by atoms with Crippen molar-refractivity contribution in [2.75, 3.05) is 6.54 Å². The fourth-order valence-electron chi connectivity index (χ4n) is 0.513. The molecule has 72 valence electrons. The summed E-state index contributed by atoms with van der Waals surface area (Å²) in [6, 6.07) is 0. The predicted octanol–water partition coefficient (Wildman–Crippen LogP) is 0.210. The maximum Gasteiger partial charge on any atom is 0.317 e. The molecule has 0 aliphatic carbocycles. The van der Waals surface area contributed by atoms with Crippen molar-refractivity contribution in [3.63, 3.8) is 0 Å². The zero-order chi connectivity index (χ0) is 9.99. The Hall–Kier alpha value is -0.610. The molecule has 0 saturated carbocycles. The molecule has 12 heavy (non-hydrogen) atoms. The number of aliphatic hydroxyl groups is 1. The molecular weight excluding hydrogens is 158 g/mol. The Balaban J connectivity index is 4.14. The molecule has 0 heterocycles. The van der Waals surface area contributed by atoms with Crippen LogP contribution >= 0.6 is 0 Å². The number of hydrogen-bond donors (Lipinski definition) is 3. The Labute approximate surface area is 72.6 Å². The SMILES string of the molecule is CC(C)(O)C(C)(C)NCC(=O)O. The van der Waals surface area contributed by atoms with Gasteiger partial charge in [-0.15, -0.1) is 0 Å². The topological polar surface area (TPSA) is 69.6 Å². The summed E-state index contributed by atoms with van der Waals surface area (Å²) >= 11 is 0. The van der Waals surface area contributed by atoms with Crippen molar-refractivity contribution in [3.8, 4) is 0 Å². The second-order valence-electron chi connectivity index (χ2n) is 3.93. The normalized spacial score (nSPS) is 13.1. The molecule has 4 heteroatoms. The van der Waals surface area contributed by atoms with Crippen LogP contribution in [-0.2, 0) is 4.79 Å². The molecular formula is C8H17NO3. The molecule has 0 unspecified atom stereocenters. The number of hydrogen-bond acceptors (Lipinski definition) is 3. The largest absolute Gasteiger partial charge is 0.480 e. The lowest BCUT2D eigenvalue weighted by atomic mass is 9.86. The first-order valence-electron chi connectivity index (χ1n) is 3.86. The highest BCUT2D eigenvalue weighted by Gasteiger charge is 2.34. The van der Waals surface area contributed by atoms with Gasteiger partial charge in [0.15, 0.2) is 0 Å². The summed E-state index contributed by atoms with van der Waals surface area (Å²) in [5.74, 6) is -0.924. The molecule has 0 aliphatic heterocycles. The molecule has 0 radical (unpaired) electrons. The molecule has 0 spiro atoms. The van der Waals surface area contributed by atoms with E-state index >= 15 is 0 Å². The van der Waals surface area contributed by atoms with Gasteiger partial charge in [-0.05, 0) is 27.7 Å². The van der Waals surface area contributed by atoms with E-state index in [-0.39, 0.29) is 6.54 Å². The third-order valence-electron chi connectivity index (χ3n) is 2.21. The van der Waals surface area contributed by atoms with Gasteiger partial charge < -0.3 is 10.2 Å². The molecule has 0 aromatic rings. The Morgan fingerprint density at radius 3 is 2.00 bits per heavy atom. The highest BCUT2D eigenvalue weighted by molar-refractivity contribution is 5.69. The lowest BCUT2D eigenvalue weighted by molar-refractivity contribution is -0.136. The van der Waals surface area contributed by atoms with Crippen molar-refractivity contribution >= 4 is 5.97 Å². The average molecular weight is 175 g/mol. The van der Waals surface area contributed by atoms with Crippen LogP contribution in [0.5, 0.6) is 0 Å². The highest BCUT2D eigenvalue weighted by Crippen LogP contribution is 2.19. The second-order valence-corrected chi connectivity index (χ2v) is 3.93. The molecule has 0 amide bonds.